The van der Waals surface area contributed by atoms with Gasteiger partial charge in [0.05, 0.1) is 32.2 Å². The highest BCUT2D eigenvalue weighted by Gasteiger charge is 2.10. The summed E-state index contributed by atoms with van der Waals surface area (Å²) in [6, 6.07) is 11.6. The molecule has 0 unspecified atom stereocenters. The van der Waals surface area contributed by atoms with Gasteiger partial charge in [0, 0.05) is 0 Å². The van der Waals surface area contributed by atoms with Gasteiger partial charge in [0.2, 0.25) is 11.8 Å². The van der Waals surface area contributed by atoms with E-state index in [4.69, 9.17) is 19.9 Å². The van der Waals surface area contributed by atoms with Crippen LogP contribution in [0, 0.1) is 0 Å². The van der Waals surface area contributed by atoms with Crippen molar-refractivity contribution in [1.82, 2.24) is 9.97 Å². The number of hydrogen-bond donors (Lipinski definition) is 1. The normalized spacial score (nSPS) is 10.6. The lowest BCUT2D eigenvalue weighted by atomic mass is 10.0. The Morgan fingerprint density at radius 1 is 0.783 bits per heavy atom. The van der Waals surface area contributed by atoms with E-state index in [-0.39, 0.29) is 5.95 Å². The molecule has 0 atom stereocenters. The summed E-state index contributed by atoms with van der Waals surface area (Å²) in [4.78, 5) is 8.34. The molecule has 0 saturated carbocycles. The average molecular weight is 311 g/mol. The molecule has 23 heavy (non-hydrogen) atoms. The Balaban J connectivity index is 2.15. The Hall–Kier alpha value is -3.02. The van der Waals surface area contributed by atoms with Crippen LogP contribution < -0.4 is 19.9 Å². The molecule has 3 rings (SSSR count). The number of fused-ring (bicyclic) bond motifs is 1. The van der Waals surface area contributed by atoms with Gasteiger partial charge in [0.1, 0.15) is 0 Å². The molecule has 0 bridgehead atoms. The van der Waals surface area contributed by atoms with Crippen LogP contribution in [0.3, 0.4) is 0 Å². The van der Waals surface area contributed by atoms with Gasteiger partial charge >= 0.3 is 0 Å². The minimum atomic E-state index is 0.188. The molecule has 1 heterocycles. The van der Waals surface area contributed by atoms with E-state index < -0.39 is 0 Å². The van der Waals surface area contributed by atoms with E-state index >= 15 is 0 Å². The van der Waals surface area contributed by atoms with Crippen LogP contribution >= 0.6 is 0 Å². The van der Waals surface area contributed by atoms with Gasteiger partial charge in [-0.3, -0.25) is 0 Å². The molecule has 1 aromatic heterocycles. The van der Waals surface area contributed by atoms with Crippen molar-refractivity contribution in [2.75, 3.05) is 27.1 Å². The van der Waals surface area contributed by atoms with E-state index in [2.05, 4.69) is 9.97 Å². The van der Waals surface area contributed by atoms with Crippen LogP contribution in [0.2, 0.25) is 0 Å². The molecule has 0 spiro atoms. The fraction of sp³-hybridized carbons (Fsp3) is 0.176. The second-order valence-electron chi connectivity index (χ2n) is 4.89. The zero-order valence-corrected chi connectivity index (χ0v) is 13.2. The van der Waals surface area contributed by atoms with Crippen molar-refractivity contribution < 1.29 is 14.2 Å². The molecule has 0 aliphatic carbocycles. The minimum absolute atomic E-state index is 0.188. The zero-order chi connectivity index (χ0) is 16.4. The number of benzene rings is 2. The summed E-state index contributed by atoms with van der Waals surface area (Å²) in [5.74, 6) is 2.00. The molecule has 2 N–H and O–H groups in total. The lowest BCUT2D eigenvalue weighted by Gasteiger charge is -2.11. The van der Waals surface area contributed by atoms with Crippen molar-refractivity contribution >= 4 is 16.9 Å². The number of nitrogen functional groups attached to an aromatic ring is 1. The largest absolute Gasteiger partial charge is 0.493 e. The summed E-state index contributed by atoms with van der Waals surface area (Å²) in [6.07, 6.45) is 0. The molecule has 0 aliphatic heterocycles. The zero-order valence-electron chi connectivity index (χ0n) is 13.2. The molecule has 3 aromatic rings. The summed E-state index contributed by atoms with van der Waals surface area (Å²) in [5, 5.41) is 0.800. The first-order valence-electron chi connectivity index (χ1n) is 7.00. The maximum atomic E-state index is 5.69. The number of rotatable bonds is 4. The fourth-order valence-electron chi connectivity index (χ4n) is 2.47. The number of ether oxygens (including phenoxy) is 3. The highest BCUT2D eigenvalue weighted by atomic mass is 16.5. The van der Waals surface area contributed by atoms with Gasteiger partial charge in [-0.1, -0.05) is 12.1 Å². The Bertz CT molecular complexity index is 865. The SMILES string of the molecule is COc1ccc(-c2ccc3nc(N)nc(OC)c3c2)cc1OC. The third-order valence-corrected chi connectivity index (χ3v) is 3.59. The summed E-state index contributed by atoms with van der Waals surface area (Å²) in [6.45, 7) is 0. The van der Waals surface area contributed by atoms with Crippen molar-refractivity contribution in [3.05, 3.63) is 36.4 Å². The Morgan fingerprint density at radius 3 is 2.17 bits per heavy atom. The lowest BCUT2D eigenvalue weighted by Crippen LogP contribution is -1.99. The molecule has 0 radical (unpaired) electrons. The van der Waals surface area contributed by atoms with Gasteiger partial charge in [-0.2, -0.15) is 4.98 Å². The molecule has 6 heteroatoms. The van der Waals surface area contributed by atoms with Crippen LogP contribution in [-0.4, -0.2) is 31.3 Å². The number of nitrogens with two attached hydrogens (primary N) is 1. The number of nitrogens with zero attached hydrogens (tertiary/aromatic N) is 2. The summed E-state index contributed by atoms with van der Waals surface area (Å²) >= 11 is 0. The maximum absolute atomic E-state index is 5.69. The molecule has 0 aliphatic rings. The third-order valence-electron chi connectivity index (χ3n) is 3.59. The molecule has 0 amide bonds. The highest BCUT2D eigenvalue weighted by molar-refractivity contribution is 5.89. The predicted molar refractivity (Wildman–Crippen MR) is 89.0 cm³/mol. The predicted octanol–water partition coefficient (Wildman–Crippen LogP) is 2.90. The van der Waals surface area contributed by atoms with Gasteiger partial charge in [-0.15, -0.1) is 0 Å². The molecule has 118 valence electrons. The molecule has 0 saturated heterocycles. The maximum Gasteiger partial charge on any atom is 0.226 e. The molecular formula is C17H17N3O3. The van der Waals surface area contributed by atoms with E-state index in [9.17, 15) is 0 Å². The van der Waals surface area contributed by atoms with Crippen molar-refractivity contribution in [3.63, 3.8) is 0 Å². The molecule has 6 nitrogen and oxygen atoms in total. The van der Waals surface area contributed by atoms with Crippen LogP contribution in [0.1, 0.15) is 0 Å². The fourth-order valence-corrected chi connectivity index (χ4v) is 2.47. The van der Waals surface area contributed by atoms with Gasteiger partial charge < -0.3 is 19.9 Å². The first-order valence-corrected chi connectivity index (χ1v) is 7.00. The standard InChI is InChI=1S/C17H17N3O3/c1-21-14-7-5-11(9-15(14)22-2)10-4-6-13-12(8-10)16(23-3)20-17(18)19-13/h4-9H,1-3H3,(H2,18,19,20). The Kier molecular flexibility index (Phi) is 3.89. The minimum Gasteiger partial charge on any atom is -0.493 e. The average Bonchev–Trinajstić information content (AvgIpc) is 2.59. The van der Waals surface area contributed by atoms with Gasteiger partial charge in [-0.05, 0) is 35.4 Å². The van der Waals surface area contributed by atoms with E-state index in [1.54, 1.807) is 21.3 Å². The van der Waals surface area contributed by atoms with Crippen LogP contribution in [-0.2, 0) is 0 Å². The monoisotopic (exact) mass is 311 g/mol. The van der Waals surface area contributed by atoms with E-state index in [0.29, 0.717) is 17.4 Å². The third kappa shape index (κ3) is 2.70. The van der Waals surface area contributed by atoms with Crippen molar-refractivity contribution in [1.29, 1.82) is 0 Å². The number of hydrogen-bond acceptors (Lipinski definition) is 6. The smallest absolute Gasteiger partial charge is 0.226 e. The number of aromatic nitrogens is 2. The second-order valence-corrected chi connectivity index (χ2v) is 4.89. The van der Waals surface area contributed by atoms with Crippen molar-refractivity contribution in [2.24, 2.45) is 0 Å². The second kappa shape index (κ2) is 6.00. The topological polar surface area (TPSA) is 79.5 Å². The summed E-state index contributed by atoms with van der Waals surface area (Å²) < 4.78 is 15.9. The number of methoxy groups -OCH3 is 3. The molecule has 0 fully saturated rings. The van der Waals surface area contributed by atoms with Crippen LogP contribution in [0.5, 0.6) is 17.4 Å². The van der Waals surface area contributed by atoms with Gasteiger partial charge in [0.25, 0.3) is 0 Å². The van der Waals surface area contributed by atoms with E-state index in [0.717, 1.165) is 22.0 Å². The van der Waals surface area contributed by atoms with Crippen LogP contribution in [0.4, 0.5) is 5.95 Å². The van der Waals surface area contributed by atoms with E-state index in [1.807, 2.05) is 36.4 Å². The van der Waals surface area contributed by atoms with Crippen molar-refractivity contribution in [3.8, 4) is 28.5 Å². The highest BCUT2D eigenvalue weighted by Crippen LogP contribution is 2.34. The molecule has 2 aromatic carbocycles. The van der Waals surface area contributed by atoms with Gasteiger partial charge in [0.15, 0.2) is 11.5 Å². The molecular weight excluding hydrogens is 294 g/mol. The van der Waals surface area contributed by atoms with Gasteiger partial charge in [-0.25, -0.2) is 4.98 Å². The number of anilines is 1. The van der Waals surface area contributed by atoms with Crippen molar-refractivity contribution in [2.45, 2.75) is 0 Å². The summed E-state index contributed by atoms with van der Waals surface area (Å²) in [7, 11) is 4.78. The van der Waals surface area contributed by atoms with Crippen LogP contribution in [0.25, 0.3) is 22.0 Å². The van der Waals surface area contributed by atoms with E-state index in [1.165, 1.54) is 0 Å². The summed E-state index contributed by atoms with van der Waals surface area (Å²) in [5.41, 5.74) is 8.40. The first-order chi connectivity index (χ1) is 11.2. The Labute approximate surface area is 133 Å². The Morgan fingerprint density at radius 2 is 1.48 bits per heavy atom. The lowest BCUT2D eigenvalue weighted by molar-refractivity contribution is 0.355. The van der Waals surface area contributed by atoms with Crippen LogP contribution in [0.15, 0.2) is 36.4 Å². The quantitative estimate of drug-likeness (QED) is 0.798. The first kappa shape index (κ1) is 14.9.